The number of rotatable bonds is 15. The Kier molecular flexibility index (Phi) is 50.1. The summed E-state index contributed by atoms with van der Waals surface area (Å²) in [7, 11) is 0. The Labute approximate surface area is 655 Å². The molecule has 10 aromatic rings. The molecule has 0 radical (unpaired) electrons. The zero-order valence-corrected chi connectivity index (χ0v) is 69.6. The van der Waals surface area contributed by atoms with Crippen molar-refractivity contribution < 1.29 is 54.5 Å². The fourth-order valence-electron chi connectivity index (χ4n) is 9.30. The third kappa shape index (κ3) is 41.0. The first-order valence-electron chi connectivity index (χ1n) is 35.0. The molecule has 0 unspecified atom stereocenters. The van der Waals surface area contributed by atoms with Gasteiger partial charge in [0.1, 0.15) is 0 Å². The molecule has 1 aliphatic rings. The van der Waals surface area contributed by atoms with Crippen molar-refractivity contribution in [3.8, 4) is 0 Å². The smallest absolute Gasteiger partial charge is 0.688 e. The van der Waals surface area contributed by atoms with Gasteiger partial charge in [-0.15, -0.1) is 97.2 Å². The van der Waals surface area contributed by atoms with Crippen LogP contribution in [0.4, 0.5) is 17.1 Å². The maximum absolute atomic E-state index is 5.14. The van der Waals surface area contributed by atoms with Crippen LogP contribution in [0.25, 0.3) is 10.6 Å². The molecule has 530 valence electrons. The van der Waals surface area contributed by atoms with E-state index in [1.165, 1.54) is 40.8 Å². The molecule has 4 nitrogen and oxygen atoms in total. The second-order valence-corrected chi connectivity index (χ2v) is 24.9. The van der Waals surface area contributed by atoms with Gasteiger partial charge in [-0.25, -0.2) is 0 Å². The van der Waals surface area contributed by atoms with Crippen LogP contribution < -0.4 is 10.7 Å². The largest absolute Gasteiger partial charge is 4.00 e. The summed E-state index contributed by atoms with van der Waals surface area (Å²) in [5.74, 6) is 1.84. The fraction of sp³-hybridized carbons (Fsp3) is 0.221. The first kappa shape index (κ1) is 90.3. The standard InChI is InChI=1S/2C23H32N2.7C7H7.2Hf.2H2/c2*1-6-7-16-24-21-14-9-8-10-15-22(21)25-23-19(17(2)3)12-11-13-20(23)18(4)5;7*1-7-5-3-2-4-6-7;;;;/h8-13,15,17-18H,6-7,14,16H2,1-5H3;8-15,17-18H,6-7,16H2,1-5H3,(H,24,25);7*2-6H,1H2;;;2*1H/q-2;;7*-1;;+4;;/i;;;;;;;;;;;2*1+1. The summed E-state index contributed by atoms with van der Waals surface area (Å²) in [6.07, 6.45) is 13.9. The normalized spacial score (nSPS) is 10.7. The number of benzene rings is 9. The van der Waals surface area contributed by atoms with E-state index in [4.69, 9.17) is 15.6 Å². The van der Waals surface area contributed by atoms with E-state index >= 15 is 0 Å². The molecule has 10 aromatic carbocycles. The van der Waals surface area contributed by atoms with Gasteiger partial charge < -0.3 is 16.0 Å². The SMILES string of the molecule is CCCCN=c1cccccc1Nc1c(C(C)C)cccc1C(C)C.CCCC[N-]C1=C([N-]c2c(C(C)C)cccc2C(C)C)C=CC=CC1.[2HH].[2HH].[CH2-]c1ccccc1.[CH2-]c1ccccc1.[CH2-]c1ccccc1.[CH2-]c1ccccc1.[CH2-]c1ccccc1.[CH2-]c1ccccc1.[CH2-]c1ccccc1.[Hf+4].[Hf]. The van der Waals surface area contributed by atoms with Crippen LogP contribution in [0.1, 0.15) is 189 Å². The molecule has 0 amide bonds. The number of hydrogen-bond donors (Lipinski definition) is 1. The third-order valence-electron chi connectivity index (χ3n) is 14.8. The van der Waals surface area contributed by atoms with Gasteiger partial charge in [0.25, 0.3) is 0 Å². The average molecular weight is 1670 g/mol. The summed E-state index contributed by atoms with van der Waals surface area (Å²) in [5, 5.41) is 14.7. The van der Waals surface area contributed by atoms with Crippen molar-refractivity contribution in [3.63, 3.8) is 0 Å². The maximum atomic E-state index is 5.14. The van der Waals surface area contributed by atoms with Crippen LogP contribution in [-0.2, 0) is 51.7 Å². The minimum Gasteiger partial charge on any atom is -0.688 e. The van der Waals surface area contributed by atoms with Gasteiger partial charge in [0.2, 0.25) is 0 Å². The Balaban J connectivity index is 0. The van der Waals surface area contributed by atoms with E-state index in [0.717, 1.165) is 99.4 Å². The Hall–Kier alpha value is -8.68. The zero-order chi connectivity index (χ0) is 72.3. The second-order valence-electron chi connectivity index (χ2n) is 24.9. The molecule has 0 aromatic heterocycles. The predicted octanol–water partition coefficient (Wildman–Crippen LogP) is 27.8. The summed E-state index contributed by atoms with van der Waals surface area (Å²) in [6.45, 7) is 50.2. The molecule has 11 rings (SSSR count). The van der Waals surface area contributed by atoms with Crippen molar-refractivity contribution in [2.75, 3.05) is 18.4 Å². The molecule has 0 fully saturated rings. The van der Waals surface area contributed by atoms with Crippen LogP contribution in [0.2, 0.25) is 0 Å². The second kappa shape index (κ2) is 56.0. The predicted molar refractivity (Wildman–Crippen MR) is 441 cm³/mol. The minimum atomic E-state index is 0. The van der Waals surface area contributed by atoms with Gasteiger partial charge in [-0.3, -0.25) is 4.99 Å². The van der Waals surface area contributed by atoms with Crippen molar-refractivity contribution in [1.29, 1.82) is 0 Å². The van der Waals surface area contributed by atoms with Crippen LogP contribution in [0, 0.1) is 48.5 Å². The molecule has 101 heavy (non-hydrogen) atoms. The van der Waals surface area contributed by atoms with Crippen LogP contribution in [0.5, 0.6) is 0 Å². The average Bonchev–Trinajstić information content (AvgIpc) is 1.48. The van der Waals surface area contributed by atoms with E-state index in [-0.39, 0.29) is 54.5 Å². The van der Waals surface area contributed by atoms with E-state index in [0.29, 0.717) is 23.7 Å². The van der Waals surface area contributed by atoms with Crippen LogP contribution in [0.15, 0.2) is 320 Å². The van der Waals surface area contributed by atoms with E-state index in [9.17, 15) is 0 Å². The summed E-state index contributed by atoms with van der Waals surface area (Å²) in [6, 6.07) is 92.8. The Morgan fingerprint density at radius 2 is 0.693 bits per heavy atom. The first-order chi connectivity index (χ1) is 47.8. The molecule has 0 atom stereocenters. The van der Waals surface area contributed by atoms with E-state index < -0.39 is 0 Å². The van der Waals surface area contributed by atoms with Crippen molar-refractivity contribution in [2.45, 2.75) is 125 Å². The quantitative estimate of drug-likeness (QED) is 0.0621. The van der Waals surface area contributed by atoms with Crippen LogP contribution >= 0.6 is 0 Å². The molecule has 1 N–H and O–H groups in total. The molecule has 1 aliphatic carbocycles. The van der Waals surface area contributed by atoms with Gasteiger partial charge in [0.05, 0.1) is 11.0 Å². The van der Waals surface area contributed by atoms with Gasteiger partial charge in [-0.2, -0.15) is 184 Å². The summed E-state index contributed by atoms with van der Waals surface area (Å²) < 4.78 is 0. The van der Waals surface area contributed by atoms with Crippen molar-refractivity contribution in [3.05, 3.63) is 440 Å². The van der Waals surface area contributed by atoms with Gasteiger partial charge in [0, 0.05) is 40.9 Å². The summed E-state index contributed by atoms with van der Waals surface area (Å²) in [5.41, 5.74) is 18.4. The van der Waals surface area contributed by atoms with Gasteiger partial charge in [-0.05, 0) is 59.8 Å². The van der Waals surface area contributed by atoms with E-state index in [2.05, 4.69) is 214 Å². The molecule has 0 spiro atoms. The van der Waals surface area contributed by atoms with Crippen molar-refractivity contribution >= 4 is 17.1 Å². The summed E-state index contributed by atoms with van der Waals surface area (Å²) in [4.78, 5) is 4.82. The third-order valence-corrected chi connectivity index (χ3v) is 14.8. The molecular formula is C95H117Hf2N4-5. The van der Waals surface area contributed by atoms with Gasteiger partial charge >= 0.3 is 25.8 Å². The van der Waals surface area contributed by atoms with Gasteiger partial charge in [0.15, 0.2) is 0 Å². The number of anilines is 2. The number of para-hydroxylation sites is 2. The molecule has 0 saturated heterocycles. The number of nitrogens with zero attached hydrogens (tertiary/aromatic N) is 3. The molecule has 6 heteroatoms. The topological polar surface area (TPSA) is 52.6 Å². The van der Waals surface area contributed by atoms with E-state index in [1.807, 2.05) is 212 Å². The summed E-state index contributed by atoms with van der Waals surface area (Å²) >= 11 is 0. The van der Waals surface area contributed by atoms with Crippen LogP contribution in [0.3, 0.4) is 0 Å². The van der Waals surface area contributed by atoms with Gasteiger partial charge in [-0.1, -0.05) is 221 Å². The monoisotopic (exact) mass is 1680 g/mol. The molecule has 0 heterocycles. The Morgan fingerprint density at radius 3 is 0.990 bits per heavy atom. The number of allylic oxidation sites excluding steroid dienone is 4. The first-order valence-corrected chi connectivity index (χ1v) is 35.0. The van der Waals surface area contributed by atoms with E-state index in [1.54, 1.807) is 0 Å². The molecular weight excluding hydrogens is 1550 g/mol. The number of unbranched alkanes of at least 4 members (excludes halogenated alkanes) is 2. The zero-order valence-electron chi connectivity index (χ0n) is 62.4. The Bertz CT molecular complexity index is 3400. The maximum Gasteiger partial charge on any atom is 4.00 e. The van der Waals surface area contributed by atoms with Crippen molar-refractivity contribution in [2.24, 2.45) is 4.99 Å². The minimum absolute atomic E-state index is 0. The molecule has 0 bridgehead atoms. The van der Waals surface area contributed by atoms with Crippen LogP contribution in [-0.4, -0.2) is 13.1 Å². The molecule has 0 saturated carbocycles. The number of hydrogen-bond acceptors (Lipinski definition) is 2. The Morgan fingerprint density at radius 1 is 0.386 bits per heavy atom. The van der Waals surface area contributed by atoms with Crippen molar-refractivity contribution in [1.82, 2.24) is 0 Å². The fourth-order valence-corrected chi connectivity index (χ4v) is 9.30. The number of nitrogens with one attached hydrogen (secondary N) is 1. The molecule has 0 aliphatic heterocycles.